The van der Waals surface area contributed by atoms with Gasteiger partial charge in [-0.05, 0) is 19.4 Å². The Labute approximate surface area is 84.2 Å². The number of hydrogen-bond acceptors (Lipinski definition) is 2. The van der Waals surface area contributed by atoms with Crippen molar-refractivity contribution in [1.82, 2.24) is 0 Å². The van der Waals surface area contributed by atoms with Crippen molar-refractivity contribution in [2.24, 2.45) is 0 Å². The number of hydrogen-bond donors (Lipinski definition) is 0. The van der Waals surface area contributed by atoms with Gasteiger partial charge in [0.15, 0.2) is 0 Å². The highest BCUT2D eigenvalue weighted by atomic mass is 16.1. The molecule has 0 amide bonds. The summed E-state index contributed by atoms with van der Waals surface area (Å²) in [5.41, 5.74) is 2.08. The van der Waals surface area contributed by atoms with Crippen LogP contribution in [0.25, 0.3) is 0 Å². The third-order valence-corrected chi connectivity index (χ3v) is 2.13. The maximum absolute atomic E-state index is 10.9. The molecular weight excluding hydrogens is 174 g/mol. The third kappa shape index (κ3) is 2.70. The molecule has 72 valence electrons. The molecule has 0 aliphatic carbocycles. The molecular formula is C12H13NO. The van der Waals surface area contributed by atoms with Gasteiger partial charge in [0.1, 0.15) is 5.78 Å². The van der Waals surface area contributed by atoms with E-state index < -0.39 is 0 Å². The lowest BCUT2D eigenvalue weighted by molar-refractivity contribution is -0.117. The summed E-state index contributed by atoms with van der Waals surface area (Å²) < 4.78 is 0. The van der Waals surface area contributed by atoms with Crippen LogP contribution in [0.4, 0.5) is 0 Å². The quantitative estimate of drug-likeness (QED) is 0.729. The van der Waals surface area contributed by atoms with Crippen LogP contribution in [0.2, 0.25) is 0 Å². The number of nitrogens with zero attached hydrogens (tertiary/aromatic N) is 1. The summed E-state index contributed by atoms with van der Waals surface area (Å²) in [7, 11) is 0. The molecule has 1 aromatic carbocycles. The molecule has 2 nitrogen and oxygen atoms in total. The van der Waals surface area contributed by atoms with E-state index in [1.165, 1.54) is 6.92 Å². The topological polar surface area (TPSA) is 40.9 Å². The SMILES string of the molecule is CC(=O)CC(C#N)c1ccc(C)cc1. The summed E-state index contributed by atoms with van der Waals surface area (Å²) in [5, 5.41) is 8.90. The normalized spacial score (nSPS) is 11.8. The minimum Gasteiger partial charge on any atom is -0.300 e. The van der Waals surface area contributed by atoms with Crippen molar-refractivity contribution in [1.29, 1.82) is 5.26 Å². The third-order valence-electron chi connectivity index (χ3n) is 2.13. The molecule has 14 heavy (non-hydrogen) atoms. The molecule has 0 bridgehead atoms. The molecule has 0 saturated carbocycles. The lowest BCUT2D eigenvalue weighted by Crippen LogP contribution is -2.01. The molecule has 2 heteroatoms. The highest BCUT2D eigenvalue weighted by Gasteiger charge is 2.12. The fourth-order valence-corrected chi connectivity index (χ4v) is 1.32. The van der Waals surface area contributed by atoms with Gasteiger partial charge in [0.2, 0.25) is 0 Å². The van der Waals surface area contributed by atoms with E-state index in [-0.39, 0.29) is 11.7 Å². The summed E-state index contributed by atoms with van der Waals surface area (Å²) in [6, 6.07) is 9.88. The second kappa shape index (κ2) is 4.57. The molecule has 0 spiro atoms. The van der Waals surface area contributed by atoms with E-state index in [1.54, 1.807) is 0 Å². The summed E-state index contributed by atoms with van der Waals surface area (Å²) in [4.78, 5) is 10.9. The van der Waals surface area contributed by atoms with Gasteiger partial charge in [-0.25, -0.2) is 0 Å². The van der Waals surface area contributed by atoms with Gasteiger partial charge in [-0.1, -0.05) is 29.8 Å². The Bertz CT molecular complexity index is 359. The van der Waals surface area contributed by atoms with Crippen molar-refractivity contribution < 1.29 is 4.79 Å². The van der Waals surface area contributed by atoms with Crippen LogP contribution < -0.4 is 0 Å². The van der Waals surface area contributed by atoms with E-state index >= 15 is 0 Å². The molecule has 1 atom stereocenters. The first kappa shape index (κ1) is 10.5. The Balaban J connectivity index is 2.85. The molecule has 0 heterocycles. The Morgan fingerprint density at radius 2 is 2.00 bits per heavy atom. The zero-order chi connectivity index (χ0) is 10.6. The van der Waals surface area contributed by atoms with Gasteiger partial charge in [-0.3, -0.25) is 4.79 Å². The Morgan fingerprint density at radius 3 is 2.43 bits per heavy atom. The maximum atomic E-state index is 10.9. The van der Waals surface area contributed by atoms with E-state index in [4.69, 9.17) is 5.26 Å². The molecule has 1 unspecified atom stereocenters. The fraction of sp³-hybridized carbons (Fsp3) is 0.333. The van der Waals surface area contributed by atoms with Crippen molar-refractivity contribution >= 4 is 5.78 Å². The largest absolute Gasteiger partial charge is 0.300 e. The van der Waals surface area contributed by atoms with Gasteiger partial charge in [-0.15, -0.1) is 0 Å². The Hall–Kier alpha value is -1.62. The molecule has 0 aromatic heterocycles. The number of aryl methyl sites for hydroxylation is 1. The number of carbonyl (C=O) groups excluding carboxylic acids is 1. The molecule has 0 fully saturated rings. The summed E-state index contributed by atoms with van der Waals surface area (Å²) in [5.74, 6) is -0.245. The lowest BCUT2D eigenvalue weighted by Gasteiger charge is -2.06. The van der Waals surface area contributed by atoms with Crippen LogP contribution >= 0.6 is 0 Å². The number of benzene rings is 1. The summed E-state index contributed by atoms with van der Waals surface area (Å²) in [6.45, 7) is 3.51. The van der Waals surface area contributed by atoms with Gasteiger partial charge in [-0.2, -0.15) is 5.26 Å². The second-order valence-corrected chi connectivity index (χ2v) is 3.50. The first-order chi connectivity index (χ1) is 6.63. The molecule has 0 radical (unpaired) electrons. The van der Waals surface area contributed by atoms with Crippen LogP contribution in [0.3, 0.4) is 0 Å². The Kier molecular flexibility index (Phi) is 3.41. The van der Waals surface area contributed by atoms with Gasteiger partial charge in [0.25, 0.3) is 0 Å². The van der Waals surface area contributed by atoms with Gasteiger partial charge in [0.05, 0.1) is 12.0 Å². The standard InChI is InChI=1S/C12H13NO/c1-9-3-5-11(6-4-9)12(8-13)7-10(2)14/h3-6,12H,7H2,1-2H3. The molecule has 0 aliphatic heterocycles. The van der Waals surface area contributed by atoms with E-state index in [2.05, 4.69) is 6.07 Å². The number of nitriles is 1. The Morgan fingerprint density at radius 1 is 1.43 bits per heavy atom. The van der Waals surface area contributed by atoms with Crippen LogP contribution in [0.5, 0.6) is 0 Å². The summed E-state index contributed by atoms with van der Waals surface area (Å²) in [6.07, 6.45) is 0.305. The first-order valence-corrected chi connectivity index (χ1v) is 4.59. The highest BCUT2D eigenvalue weighted by molar-refractivity contribution is 5.76. The van der Waals surface area contributed by atoms with Crippen LogP contribution in [0.1, 0.15) is 30.4 Å². The van der Waals surface area contributed by atoms with Crippen LogP contribution in [-0.2, 0) is 4.79 Å². The van der Waals surface area contributed by atoms with Crippen LogP contribution in [-0.4, -0.2) is 5.78 Å². The van der Waals surface area contributed by atoms with Crippen molar-refractivity contribution in [3.63, 3.8) is 0 Å². The highest BCUT2D eigenvalue weighted by Crippen LogP contribution is 2.19. The van der Waals surface area contributed by atoms with E-state index in [0.717, 1.165) is 11.1 Å². The summed E-state index contributed by atoms with van der Waals surface area (Å²) >= 11 is 0. The molecule has 0 N–H and O–H groups in total. The predicted octanol–water partition coefficient (Wildman–Crippen LogP) is 2.58. The van der Waals surface area contributed by atoms with E-state index in [0.29, 0.717) is 6.42 Å². The van der Waals surface area contributed by atoms with Crippen LogP contribution in [0.15, 0.2) is 24.3 Å². The fourth-order valence-electron chi connectivity index (χ4n) is 1.32. The zero-order valence-electron chi connectivity index (χ0n) is 8.45. The molecule has 0 aliphatic rings. The molecule has 0 saturated heterocycles. The van der Waals surface area contributed by atoms with Crippen LogP contribution in [0, 0.1) is 18.3 Å². The molecule has 1 aromatic rings. The average molecular weight is 187 g/mol. The van der Waals surface area contributed by atoms with Crippen molar-refractivity contribution in [3.8, 4) is 6.07 Å². The van der Waals surface area contributed by atoms with Gasteiger partial charge >= 0.3 is 0 Å². The first-order valence-electron chi connectivity index (χ1n) is 4.59. The molecule has 1 rings (SSSR count). The van der Waals surface area contributed by atoms with Gasteiger partial charge in [0, 0.05) is 6.42 Å². The lowest BCUT2D eigenvalue weighted by atomic mass is 9.95. The smallest absolute Gasteiger partial charge is 0.131 e. The number of Topliss-reactive ketones (excluding diaryl/α,β-unsaturated/α-hetero) is 1. The van der Waals surface area contributed by atoms with E-state index in [1.807, 2.05) is 31.2 Å². The zero-order valence-corrected chi connectivity index (χ0v) is 8.45. The predicted molar refractivity (Wildman–Crippen MR) is 54.8 cm³/mol. The minimum atomic E-state index is -0.298. The van der Waals surface area contributed by atoms with Gasteiger partial charge < -0.3 is 0 Å². The number of carbonyl (C=O) groups is 1. The maximum Gasteiger partial charge on any atom is 0.131 e. The second-order valence-electron chi connectivity index (χ2n) is 3.50. The minimum absolute atomic E-state index is 0.0529. The number of ketones is 1. The monoisotopic (exact) mass is 187 g/mol. The number of rotatable bonds is 3. The van der Waals surface area contributed by atoms with E-state index in [9.17, 15) is 4.79 Å². The van der Waals surface area contributed by atoms with Crippen molar-refractivity contribution in [2.75, 3.05) is 0 Å². The van der Waals surface area contributed by atoms with Crippen molar-refractivity contribution in [2.45, 2.75) is 26.2 Å². The average Bonchev–Trinajstić information content (AvgIpc) is 2.15. The van der Waals surface area contributed by atoms with Crippen molar-refractivity contribution in [3.05, 3.63) is 35.4 Å².